The predicted octanol–water partition coefficient (Wildman–Crippen LogP) is 5.26. The Hall–Kier alpha value is -3.26. The van der Waals surface area contributed by atoms with Gasteiger partial charge in [0.15, 0.2) is 5.69 Å². The Balaban J connectivity index is 0.00000199. The van der Waals surface area contributed by atoms with Crippen molar-refractivity contribution in [1.82, 2.24) is 19.7 Å². The van der Waals surface area contributed by atoms with Crippen LogP contribution >= 0.6 is 0 Å². The van der Waals surface area contributed by atoms with Crippen molar-refractivity contribution in [3.05, 3.63) is 72.1 Å². The van der Waals surface area contributed by atoms with Crippen LogP contribution in [0.5, 0.6) is 0 Å². The van der Waals surface area contributed by atoms with Crippen molar-refractivity contribution >= 4 is 12.1 Å². The Bertz CT molecular complexity index is 1030. The van der Waals surface area contributed by atoms with Crippen LogP contribution < -0.4 is 0 Å². The van der Waals surface area contributed by atoms with Crippen LogP contribution in [0.1, 0.15) is 52.0 Å². The molecule has 1 aromatic carbocycles. The first kappa shape index (κ1) is 27.0. The van der Waals surface area contributed by atoms with Gasteiger partial charge in [0, 0.05) is 24.7 Å². The first-order valence-electron chi connectivity index (χ1n) is 11.7. The Kier molecular flexibility index (Phi) is 10.2. The number of allylic oxidation sites excluding steroid dienone is 2. The number of benzene rings is 1. The van der Waals surface area contributed by atoms with Crippen molar-refractivity contribution in [3.8, 4) is 5.69 Å². The topological polar surface area (TPSA) is 63.0 Å². The molecule has 1 aromatic heterocycles. The third-order valence-electron chi connectivity index (χ3n) is 4.93. The van der Waals surface area contributed by atoms with E-state index in [0.717, 1.165) is 11.4 Å². The van der Waals surface area contributed by atoms with E-state index >= 15 is 0 Å². The molecule has 1 unspecified atom stereocenters. The highest BCUT2D eigenvalue weighted by atomic mass is 19.1. The highest BCUT2D eigenvalue weighted by Crippen LogP contribution is 2.24. The second-order valence-electron chi connectivity index (χ2n) is 7.96. The van der Waals surface area contributed by atoms with Crippen LogP contribution in [0.4, 0.5) is 4.39 Å². The van der Waals surface area contributed by atoms with Crippen LogP contribution in [0.25, 0.3) is 5.69 Å². The lowest BCUT2D eigenvalue weighted by Crippen LogP contribution is -2.48. The van der Waals surface area contributed by atoms with E-state index in [-0.39, 0.29) is 23.6 Å². The Morgan fingerprint density at radius 2 is 2.03 bits per heavy atom. The summed E-state index contributed by atoms with van der Waals surface area (Å²) in [6.07, 6.45) is 5.01. The molecular weight excluding hydrogens is 433 g/mol. The van der Waals surface area contributed by atoms with Crippen LogP contribution in [0.15, 0.2) is 65.7 Å². The number of halogens is 1. The Morgan fingerprint density at radius 3 is 2.65 bits per heavy atom. The lowest BCUT2D eigenvalue weighted by molar-refractivity contribution is -0.0142. The average molecular weight is 470 g/mol. The van der Waals surface area contributed by atoms with Crippen molar-refractivity contribution in [2.24, 2.45) is 11.0 Å². The number of amides is 1. The average Bonchev–Trinajstić information content (AvgIpc) is 3.32. The standard InChI is InChI=1S/C24H30FN5O2.C2H6/c1-6-26-30(18(4)5)22(15-17(2)3)23-16-28(13-14-32-23)24(31)20-11-12-29(27-20)21-10-8-7-9-19(21)25;1-2/h6-12,15,17,23H,4,13-14,16H2,1-3,5H3;1-2H3/b22-15-,26-6-;. The van der Waals surface area contributed by atoms with Gasteiger partial charge in [0.2, 0.25) is 0 Å². The minimum atomic E-state index is -0.402. The lowest BCUT2D eigenvalue weighted by Gasteiger charge is -2.36. The predicted molar refractivity (Wildman–Crippen MR) is 134 cm³/mol. The summed E-state index contributed by atoms with van der Waals surface area (Å²) in [7, 11) is 0. The molecule has 0 saturated carbocycles. The number of ether oxygens (including phenoxy) is 1. The zero-order valence-electron chi connectivity index (χ0n) is 21.0. The van der Waals surface area contributed by atoms with Gasteiger partial charge in [0.1, 0.15) is 17.6 Å². The van der Waals surface area contributed by atoms with Crippen LogP contribution in [0.3, 0.4) is 0 Å². The van der Waals surface area contributed by atoms with Gasteiger partial charge in [0.05, 0.1) is 18.8 Å². The summed E-state index contributed by atoms with van der Waals surface area (Å²) in [5, 5.41) is 10.5. The van der Waals surface area contributed by atoms with Crippen LogP contribution in [-0.2, 0) is 4.74 Å². The molecule has 2 aromatic rings. The number of hydrogen-bond donors (Lipinski definition) is 0. The second-order valence-corrected chi connectivity index (χ2v) is 7.96. The zero-order chi connectivity index (χ0) is 25.3. The molecule has 34 heavy (non-hydrogen) atoms. The maximum Gasteiger partial charge on any atom is 0.274 e. The molecular formula is C26H36FN5O2. The molecule has 8 heteroatoms. The molecule has 1 aliphatic heterocycles. The molecule has 184 valence electrons. The molecule has 1 amide bonds. The number of para-hydroxylation sites is 1. The van der Waals surface area contributed by atoms with Crippen molar-refractivity contribution in [2.45, 2.75) is 47.6 Å². The highest BCUT2D eigenvalue weighted by Gasteiger charge is 2.31. The van der Waals surface area contributed by atoms with E-state index in [2.05, 4.69) is 36.7 Å². The quantitative estimate of drug-likeness (QED) is 0.410. The van der Waals surface area contributed by atoms with Gasteiger partial charge in [0.25, 0.3) is 5.91 Å². The summed E-state index contributed by atoms with van der Waals surface area (Å²) < 4.78 is 21.5. The minimum absolute atomic E-state index is 0.224. The van der Waals surface area contributed by atoms with E-state index in [4.69, 9.17) is 4.74 Å². The third kappa shape index (κ3) is 6.63. The maximum absolute atomic E-state index is 14.1. The van der Waals surface area contributed by atoms with Crippen molar-refractivity contribution in [3.63, 3.8) is 0 Å². The molecule has 7 nitrogen and oxygen atoms in total. The van der Waals surface area contributed by atoms with Gasteiger partial charge in [-0.2, -0.15) is 10.2 Å². The van der Waals surface area contributed by atoms with Crippen LogP contribution in [0, 0.1) is 11.7 Å². The van der Waals surface area contributed by atoms with E-state index < -0.39 is 5.82 Å². The fourth-order valence-electron chi connectivity index (χ4n) is 3.54. The van der Waals surface area contributed by atoms with E-state index in [1.807, 2.05) is 27.7 Å². The monoisotopic (exact) mass is 469 g/mol. The van der Waals surface area contributed by atoms with Gasteiger partial charge in [-0.25, -0.2) is 14.1 Å². The summed E-state index contributed by atoms with van der Waals surface area (Å²) in [5.41, 5.74) is 2.15. The number of carbonyl (C=O) groups excluding carboxylic acids is 1. The minimum Gasteiger partial charge on any atom is -0.368 e. The van der Waals surface area contributed by atoms with E-state index in [1.54, 1.807) is 46.6 Å². The normalized spacial score (nSPS) is 16.4. The molecule has 0 radical (unpaired) electrons. The zero-order valence-corrected chi connectivity index (χ0v) is 21.0. The summed E-state index contributed by atoms with van der Waals surface area (Å²) in [6, 6.07) is 7.92. The second kappa shape index (κ2) is 12.8. The van der Waals surface area contributed by atoms with Gasteiger partial charge >= 0.3 is 0 Å². The molecule has 3 rings (SSSR count). The number of nitrogens with zero attached hydrogens (tertiary/aromatic N) is 5. The Morgan fingerprint density at radius 1 is 1.32 bits per heavy atom. The summed E-state index contributed by atoms with van der Waals surface area (Å²) in [4.78, 5) is 14.9. The lowest BCUT2D eigenvalue weighted by atomic mass is 10.1. The fraction of sp³-hybridized carbons (Fsp3) is 0.423. The number of morpholine rings is 1. The Labute approximate surface area is 202 Å². The molecule has 2 heterocycles. The number of hydrazone groups is 1. The van der Waals surface area contributed by atoms with Crippen molar-refractivity contribution < 1.29 is 13.9 Å². The van der Waals surface area contributed by atoms with Gasteiger partial charge in [-0.1, -0.05) is 52.5 Å². The number of rotatable bonds is 7. The number of carbonyl (C=O) groups is 1. The number of aromatic nitrogens is 2. The molecule has 0 bridgehead atoms. The summed E-state index contributed by atoms with van der Waals surface area (Å²) in [5.74, 6) is -0.371. The largest absolute Gasteiger partial charge is 0.368 e. The third-order valence-corrected chi connectivity index (χ3v) is 4.93. The summed E-state index contributed by atoms with van der Waals surface area (Å²) in [6.45, 7) is 17.1. The fourth-order valence-corrected chi connectivity index (χ4v) is 3.54. The molecule has 1 atom stereocenters. The van der Waals surface area contributed by atoms with Crippen molar-refractivity contribution in [1.29, 1.82) is 0 Å². The van der Waals surface area contributed by atoms with E-state index in [1.165, 1.54) is 10.7 Å². The van der Waals surface area contributed by atoms with Crippen molar-refractivity contribution in [2.75, 3.05) is 19.7 Å². The number of hydrogen-bond acceptors (Lipinski definition) is 5. The smallest absolute Gasteiger partial charge is 0.274 e. The highest BCUT2D eigenvalue weighted by molar-refractivity contribution is 5.92. The van der Waals surface area contributed by atoms with E-state index in [9.17, 15) is 9.18 Å². The molecule has 1 aliphatic rings. The molecule has 0 aliphatic carbocycles. The van der Waals surface area contributed by atoms with Gasteiger partial charge in [-0.05, 0) is 38.0 Å². The van der Waals surface area contributed by atoms with E-state index in [0.29, 0.717) is 25.4 Å². The van der Waals surface area contributed by atoms with Crippen LogP contribution in [-0.4, -0.2) is 57.6 Å². The summed E-state index contributed by atoms with van der Waals surface area (Å²) >= 11 is 0. The van der Waals surface area contributed by atoms with Gasteiger partial charge in [-0.3, -0.25) is 4.79 Å². The maximum atomic E-state index is 14.1. The SMILES string of the molecule is C=C(C)N(/N=C\C)/C(=C\C(C)C)C1CN(C(=O)c2ccn(-c3ccccc3F)n2)CCO1.CC. The molecule has 1 saturated heterocycles. The molecule has 1 fully saturated rings. The first-order chi connectivity index (χ1) is 16.3. The molecule has 0 N–H and O–H groups in total. The van der Waals surface area contributed by atoms with Crippen LogP contribution in [0.2, 0.25) is 0 Å². The van der Waals surface area contributed by atoms with Gasteiger partial charge in [-0.15, -0.1) is 0 Å². The molecule has 0 spiro atoms. The van der Waals surface area contributed by atoms with Gasteiger partial charge < -0.3 is 9.64 Å². The first-order valence-corrected chi connectivity index (χ1v) is 11.7.